The van der Waals surface area contributed by atoms with Gasteiger partial charge in [0.25, 0.3) is 0 Å². The number of aromatic nitrogens is 2. The quantitative estimate of drug-likeness (QED) is 0.861. The Hall–Kier alpha value is -2.57. The van der Waals surface area contributed by atoms with E-state index in [4.69, 9.17) is 0 Å². The van der Waals surface area contributed by atoms with Crippen molar-refractivity contribution in [3.63, 3.8) is 0 Å². The molecule has 7 heteroatoms. The van der Waals surface area contributed by atoms with Crippen LogP contribution in [0.2, 0.25) is 0 Å². The molecule has 0 spiro atoms. The number of imidazole rings is 1. The fraction of sp³-hybridized carbons (Fsp3) is 0.357. The van der Waals surface area contributed by atoms with E-state index in [1.165, 1.54) is 0 Å². The second-order valence-electron chi connectivity index (χ2n) is 5.16. The van der Waals surface area contributed by atoms with Gasteiger partial charge in [-0.25, -0.2) is 9.78 Å². The predicted octanol–water partition coefficient (Wildman–Crippen LogP) is 0.547. The summed E-state index contributed by atoms with van der Waals surface area (Å²) in [6.07, 6.45) is 1.64. The smallest absolute Gasteiger partial charge is 0.320 e. The molecule has 2 heterocycles. The van der Waals surface area contributed by atoms with Crippen LogP contribution in [0.4, 0.5) is 4.79 Å². The molecule has 0 atom stereocenters. The van der Waals surface area contributed by atoms with E-state index in [0.717, 1.165) is 16.6 Å². The van der Waals surface area contributed by atoms with E-state index in [9.17, 15) is 9.59 Å². The maximum absolute atomic E-state index is 11.9. The largest absolute Gasteiger partial charge is 0.350 e. The van der Waals surface area contributed by atoms with Crippen molar-refractivity contribution in [3.05, 3.63) is 30.1 Å². The van der Waals surface area contributed by atoms with Gasteiger partial charge in [-0.1, -0.05) is 6.07 Å². The third-order valence-corrected chi connectivity index (χ3v) is 3.61. The van der Waals surface area contributed by atoms with Crippen molar-refractivity contribution < 1.29 is 9.59 Å². The summed E-state index contributed by atoms with van der Waals surface area (Å²) in [5, 5.41) is 2.83. The molecule has 21 heavy (non-hydrogen) atoms. The standard InChI is InChI=1S/C14H17N5O2/c1-18-4-5-19(14(18)21)8-13(20)15-7-10-2-3-11-12(6-10)17-9-16-11/h2-3,6,9H,4-5,7-8H2,1H3,(H,15,20)(H,16,17). The molecule has 0 saturated carbocycles. The zero-order valence-electron chi connectivity index (χ0n) is 11.8. The number of benzene rings is 1. The Labute approximate surface area is 121 Å². The number of nitrogens with one attached hydrogen (secondary N) is 2. The molecule has 1 aromatic carbocycles. The van der Waals surface area contributed by atoms with Gasteiger partial charge in [-0.3, -0.25) is 4.79 Å². The molecular weight excluding hydrogens is 270 g/mol. The Balaban J connectivity index is 1.54. The number of amides is 3. The van der Waals surface area contributed by atoms with Gasteiger partial charge < -0.3 is 20.1 Å². The molecule has 1 aliphatic rings. The molecule has 0 aliphatic carbocycles. The SMILES string of the molecule is CN1CCN(CC(=O)NCc2ccc3nc[nH]c3c2)C1=O. The van der Waals surface area contributed by atoms with Crippen LogP contribution in [0.15, 0.2) is 24.5 Å². The summed E-state index contributed by atoms with van der Waals surface area (Å²) in [5.74, 6) is -0.150. The Bertz CT molecular complexity index is 681. The molecule has 0 unspecified atom stereocenters. The van der Waals surface area contributed by atoms with Crippen LogP contribution >= 0.6 is 0 Å². The Kier molecular flexibility index (Phi) is 3.47. The minimum atomic E-state index is -0.150. The lowest BCUT2D eigenvalue weighted by Gasteiger charge is -2.15. The lowest BCUT2D eigenvalue weighted by atomic mass is 10.2. The lowest BCUT2D eigenvalue weighted by molar-refractivity contribution is -0.121. The van der Waals surface area contributed by atoms with E-state index >= 15 is 0 Å². The summed E-state index contributed by atoms with van der Waals surface area (Å²) >= 11 is 0. The monoisotopic (exact) mass is 287 g/mol. The summed E-state index contributed by atoms with van der Waals surface area (Å²) in [4.78, 5) is 33.9. The van der Waals surface area contributed by atoms with Crippen LogP contribution < -0.4 is 5.32 Å². The first-order chi connectivity index (χ1) is 10.1. The van der Waals surface area contributed by atoms with Crippen LogP contribution in [0.25, 0.3) is 11.0 Å². The van der Waals surface area contributed by atoms with E-state index < -0.39 is 0 Å². The van der Waals surface area contributed by atoms with Crippen molar-refractivity contribution in [1.82, 2.24) is 25.1 Å². The highest BCUT2D eigenvalue weighted by Gasteiger charge is 2.26. The van der Waals surface area contributed by atoms with E-state index in [-0.39, 0.29) is 18.5 Å². The molecule has 2 aromatic rings. The van der Waals surface area contributed by atoms with Gasteiger partial charge in [-0.05, 0) is 17.7 Å². The van der Waals surface area contributed by atoms with Crippen LogP contribution in [0.1, 0.15) is 5.56 Å². The third kappa shape index (κ3) is 2.81. The fourth-order valence-electron chi connectivity index (χ4n) is 2.37. The Morgan fingerprint density at radius 3 is 3.05 bits per heavy atom. The second kappa shape index (κ2) is 5.43. The normalized spacial score (nSPS) is 15.0. The van der Waals surface area contributed by atoms with Gasteiger partial charge in [-0.2, -0.15) is 0 Å². The van der Waals surface area contributed by atoms with Crippen molar-refractivity contribution in [2.45, 2.75) is 6.54 Å². The highest BCUT2D eigenvalue weighted by atomic mass is 16.2. The number of carbonyl (C=O) groups is 2. The molecular formula is C14H17N5O2. The van der Waals surface area contributed by atoms with E-state index in [2.05, 4.69) is 15.3 Å². The summed E-state index contributed by atoms with van der Waals surface area (Å²) < 4.78 is 0. The molecule has 0 bridgehead atoms. The van der Waals surface area contributed by atoms with Gasteiger partial charge in [0.05, 0.1) is 17.4 Å². The van der Waals surface area contributed by atoms with E-state index in [1.807, 2.05) is 18.2 Å². The number of likely N-dealkylation sites (N-methyl/N-ethyl adjacent to an activating group) is 1. The van der Waals surface area contributed by atoms with Crippen molar-refractivity contribution >= 4 is 23.0 Å². The van der Waals surface area contributed by atoms with Gasteiger partial charge in [0.1, 0.15) is 6.54 Å². The van der Waals surface area contributed by atoms with Crippen molar-refractivity contribution in [1.29, 1.82) is 0 Å². The number of carbonyl (C=O) groups excluding carboxylic acids is 2. The molecule has 3 rings (SSSR count). The van der Waals surface area contributed by atoms with Crippen LogP contribution in [0, 0.1) is 0 Å². The van der Waals surface area contributed by atoms with Gasteiger partial charge in [0.15, 0.2) is 0 Å². The van der Waals surface area contributed by atoms with Crippen LogP contribution in [-0.4, -0.2) is 58.4 Å². The molecule has 1 aliphatic heterocycles. The number of aromatic amines is 1. The van der Waals surface area contributed by atoms with Crippen LogP contribution in [-0.2, 0) is 11.3 Å². The summed E-state index contributed by atoms with van der Waals surface area (Å²) in [5.41, 5.74) is 2.83. The number of nitrogens with zero attached hydrogens (tertiary/aromatic N) is 3. The highest BCUT2D eigenvalue weighted by molar-refractivity contribution is 5.85. The number of hydrogen-bond acceptors (Lipinski definition) is 3. The zero-order chi connectivity index (χ0) is 14.8. The van der Waals surface area contributed by atoms with E-state index in [0.29, 0.717) is 19.6 Å². The molecule has 2 N–H and O–H groups in total. The minimum absolute atomic E-state index is 0.0935. The van der Waals surface area contributed by atoms with Crippen molar-refractivity contribution in [3.8, 4) is 0 Å². The van der Waals surface area contributed by atoms with Crippen LogP contribution in [0.3, 0.4) is 0 Å². The molecule has 1 aromatic heterocycles. The first-order valence-electron chi connectivity index (χ1n) is 6.82. The summed E-state index contributed by atoms with van der Waals surface area (Å²) in [6.45, 7) is 1.81. The molecule has 1 fully saturated rings. The minimum Gasteiger partial charge on any atom is -0.350 e. The number of fused-ring (bicyclic) bond motifs is 1. The summed E-state index contributed by atoms with van der Waals surface area (Å²) in [7, 11) is 1.74. The van der Waals surface area contributed by atoms with E-state index in [1.54, 1.807) is 23.2 Å². The average molecular weight is 287 g/mol. The molecule has 0 radical (unpaired) electrons. The molecule has 1 saturated heterocycles. The maximum atomic E-state index is 11.9. The zero-order valence-corrected chi connectivity index (χ0v) is 11.8. The van der Waals surface area contributed by atoms with Gasteiger partial charge >= 0.3 is 6.03 Å². The summed E-state index contributed by atoms with van der Waals surface area (Å²) in [6, 6.07) is 5.70. The first kappa shape index (κ1) is 13.4. The Morgan fingerprint density at radius 2 is 2.29 bits per heavy atom. The van der Waals surface area contributed by atoms with Crippen LogP contribution in [0.5, 0.6) is 0 Å². The van der Waals surface area contributed by atoms with Gasteiger partial charge in [0.2, 0.25) is 5.91 Å². The highest BCUT2D eigenvalue weighted by Crippen LogP contribution is 2.11. The topological polar surface area (TPSA) is 81.3 Å². The molecule has 7 nitrogen and oxygen atoms in total. The number of H-pyrrole nitrogens is 1. The number of hydrogen-bond donors (Lipinski definition) is 2. The number of urea groups is 1. The lowest BCUT2D eigenvalue weighted by Crippen LogP contribution is -2.39. The van der Waals surface area contributed by atoms with Gasteiger partial charge in [0, 0.05) is 26.7 Å². The first-order valence-corrected chi connectivity index (χ1v) is 6.82. The number of rotatable bonds is 4. The van der Waals surface area contributed by atoms with Gasteiger partial charge in [-0.15, -0.1) is 0 Å². The third-order valence-electron chi connectivity index (χ3n) is 3.61. The molecule has 110 valence electrons. The van der Waals surface area contributed by atoms with Crippen molar-refractivity contribution in [2.24, 2.45) is 0 Å². The predicted molar refractivity (Wildman–Crippen MR) is 77.5 cm³/mol. The Morgan fingerprint density at radius 1 is 1.43 bits per heavy atom. The fourth-order valence-corrected chi connectivity index (χ4v) is 2.37. The molecule has 3 amide bonds. The maximum Gasteiger partial charge on any atom is 0.320 e. The average Bonchev–Trinajstić information content (AvgIpc) is 3.06. The second-order valence-corrected chi connectivity index (χ2v) is 5.16. The van der Waals surface area contributed by atoms with Crippen molar-refractivity contribution in [2.75, 3.05) is 26.7 Å².